The van der Waals surface area contributed by atoms with Crippen molar-refractivity contribution in [2.75, 3.05) is 25.0 Å². The van der Waals surface area contributed by atoms with Crippen molar-refractivity contribution < 1.29 is 4.79 Å². The molecule has 0 N–H and O–H groups in total. The molecule has 0 aliphatic heterocycles. The summed E-state index contributed by atoms with van der Waals surface area (Å²) in [5.41, 5.74) is 4.12. The van der Waals surface area contributed by atoms with Crippen LogP contribution in [0.1, 0.15) is 40.4 Å². The molecule has 3 aromatic carbocycles. The van der Waals surface area contributed by atoms with E-state index in [0.29, 0.717) is 34.7 Å². The summed E-state index contributed by atoms with van der Waals surface area (Å²) in [5, 5.41) is 1.08. The number of anilines is 1. The van der Waals surface area contributed by atoms with E-state index in [1.165, 1.54) is 17.3 Å². The number of rotatable bonds is 12. The normalized spacial score (nSPS) is 10.8. The summed E-state index contributed by atoms with van der Waals surface area (Å²) < 4.78 is 0. The van der Waals surface area contributed by atoms with Crippen molar-refractivity contribution in [2.45, 2.75) is 37.2 Å². The van der Waals surface area contributed by atoms with Crippen LogP contribution < -0.4 is 4.90 Å². The minimum Gasteiger partial charge on any atom is -0.360 e. The van der Waals surface area contributed by atoms with Crippen molar-refractivity contribution >= 4 is 35.1 Å². The van der Waals surface area contributed by atoms with Crippen molar-refractivity contribution in [3.63, 3.8) is 0 Å². The number of halogens is 1. The SMILES string of the molecule is CCCN(C)c1cc(Cl)nc(SCc2ccc(C(=O)N(CCc3ccccc3)Cc3ccccc3)cc2)n1. The van der Waals surface area contributed by atoms with E-state index < -0.39 is 0 Å². The van der Waals surface area contributed by atoms with Gasteiger partial charge in [0, 0.05) is 44.1 Å². The Morgan fingerprint density at radius 2 is 1.50 bits per heavy atom. The van der Waals surface area contributed by atoms with Crippen LogP contribution in [0, 0.1) is 0 Å². The molecule has 196 valence electrons. The number of nitrogens with zero attached hydrogens (tertiary/aromatic N) is 4. The summed E-state index contributed by atoms with van der Waals surface area (Å²) in [6, 6.07) is 30.1. The van der Waals surface area contributed by atoms with Gasteiger partial charge in [0.1, 0.15) is 11.0 Å². The van der Waals surface area contributed by atoms with Gasteiger partial charge in [-0.2, -0.15) is 0 Å². The van der Waals surface area contributed by atoms with E-state index in [-0.39, 0.29) is 5.91 Å². The molecule has 0 saturated heterocycles. The molecule has 38 heavy (non-hydrogen) atoms. The standard InChI is InChI=1S/C31H33ClN4OS/c1-3-19-35(2)29-21-28(32)33-31(34-29)38-23-26-14-16-27(17-15-26)30(37)36(22-25-12-8-5-9-13-25)20-18-24-10-6-4-7-11-24/h4-17,21H,3,18-20,22-23H2,1-2H3. The fourth-order valence-corrected chi connectivity index (χ4v) is 5.17. The molecule has 1 heterocycles. The van der Waals surface area contributed by atoms with Gasteiger partial charge in [0.15, 0.2) is 5.16 Å². The number of amides is 1. The van der Waals surface area contributed by atoms with Crippen LogP contribution in [0.25, 0.3) is 0 Å². The molecule has 0 bridgehead atoms. The van der Waals surface area contributed by atoms with Gasteiger partial charge in [-0.3, -0.25) is 4.79 Å². The first-order valence-electron chi connectivity index (χ1n) is 12.9. The first-order chi connectivity index (χ1) is 18.5. The predicted molar refractivity (Wildman–Crippen MR) is 158 cm³/mol. The number of benzene rings is 3. The molecule has 0 saturated carbocycles. The summed E-state index contributed by atoms with van der Waals surface area (Å²) in [4.78, 5) is 26.6. The average molecular weight is 545 g/mol. The lowest BCUT2D eigenvalue weighted by atomic mass is 10.1. The highest BCUT2D eigenvalue weighted by Gasteiger charge is 2.17. The molecule has 0 spiro atoms. The Morgan fingerprint density at radius 1 is 0.842 bits per heavy atom. The second kappa shape index (κ2) is 14.0. The third-order valence-corrected chi connectivity index (χ3v) is 7.31. The third kappa shape index (κ3) is 8.07. The predicted octanol–water partition coefficient (Wildman–Crippen LogP) is 7.15. The van der Waals surface area contributed by atoms with Crippen LogP contribution in [-0.2, 0) is 18.7 Å². The Hall–Kier alpha value is -3.35. The second-order valence-corrected chi connectivity index (χ2v) is 10.5. The maximum absolute atomic E-state index is 13.5. The summed E-state index contributed by atoms with van der Waals surface area (Å²) in [5.74, 6) is 1.54. The van der Waals surface area contributed by atoms with Crippen LogP contribution in [0.4, 0.5) is 5.82 Å². The minimum absolute atomic E-state index is 0.0331. The van der Waals surface area contributed by atoms with Gasteiger partial charge in [0.2, 0.25) is 0 Å². The molecule has 1 aromatic heterocycles. The monoisotopic (exact) mass is 544 g/mol. The van der Waals surface area contributed by atoms with Gasteiger partial charge in [-0.15, -0.1) is 0 Å². The number of carbonyl (C=O) groups excluding carboxylic acids is 1. The summed E-state index contributed by atoms with van der Waals surface area (Å²) in [6.45, 7) is 4.26. The van der Waals surface area contributed by atoms with Crippen molar-refractivity contribution in [3.05, 3.63) is 118 Å². The first kappa shape index (κ1) is 27.7. The van der Waals surface area contributed by atoms with Gasteiger partial charge in [0.25, 0.3) is 5.91 Å². The van der Waals surface area contributed by atoms with Crippen LogP contribution in [-0.4, -0.2) is 40.9 Å². The molecular formula is C31H33ClN4OS. The van der Waals surface area contributed by atoms with Gasteiger partial charge >= 0.3 is 0 Å². The highest BCUT2D eigenvalue weighted by atomic mass is 35.5. The Labute approximate surface area is 234 Å². The fraction of sp³-hybridized carbons (Fsp3) is 0.258. The molecule has 4 rings (SSSR count). The Bertz CT molecular complexity index is 1300. The Morgan fingerprint density at radius 3 is 2.16 bits per heavy atom. The molecule has 5 nitrogen and oxygen atoms in total. The quantitative estimate of drug-likeness (QED) is 0.108. The van der Waals surface area contributed by atoms with E-state index >= 15 is 0 Å². The zero-order valence-electron chi connectivity index (χ0n) is 21.9. The zero-order chi connectivity index (χ0) is 26.7. The van der Waals surface area contributed by atoms with Gasteiger partial charge in [-0.05, 0) is 41.7 Å². The maximum atomic E-state index is 13.5. The van der Waals surface area contributed by atoms with Crippen LogP contribution in [0.3, 0.4) is 0 Å². The lowest BCUT2D eigenvalue weighted by Gasteiger charge is -2.23. The van der Waals surface area contributed by atoms with Crippen molar-refractivity contribution in [2.24, 2.45) is 0 Å². The summed E-state index contributed by atoms with van der Waals surface area (Å²) in [7, 11) is 2.01. The lowest BCUT2D eigenvalue weighted by Crippen LogP contribution is -2.32. The number of carbonyl (C=O) groups is 1. The Kier molecular flexibility index (Phi) is 10.2. The van der Waals surface area contributed by atoms with Gasteiger partial charge in [-0.1, -0.05) is 103 Å². The minimum atomic E-state index is 0.0331. The molecule has 0 fully saturated rings. The van der Waals surface area contributed by atoms with E-state index in [1.807, 2.05) is 72.6 Å². The number of aromatic nitrogens is 2. The third-order valence-electron chi connectivity index (χ3n) is 6.20. The number of hydrogen-bond donors (Lipinski definition) is 0. The fourth-order valence-electron chi connectivity index (χ4n) is 4.13. The average Bonchev–Trinajstić information content (AvgIpc) is 2.95. The molecule has 0 aliphatic carbocycles. The van der Waals surface area contributed by atoms with E-state index in [4.69, 9.17) is 11.6 Å². The van der Waals surface area contributed by atoms with E-state index in [2.05, 4.69) is 46.1 Å². The highest BCUT2D eigenvalue weighted by molar-refractivity contribution is 7.98. The summed E-state index contributed by atoms with van der Waals surface area (Å²) in [6.07, 6.45) is 1.84. The number of thioether (sulfide) groups is 1. The first-order valence-corrected chi connectivity index (χ1v) is 14.2. The second-order valence-electron chi connectivity index (χ2n) is 9.19. The van der Waals surface area contributed by atoms with Crippen molar-refractivity contribution in [3.8, 4) is 0 Å². The molecule has 0 unspecified atom stereocenters. The highest BCUT2D eigenvalue weighted by Crippen LogP contribution is 2.25. The lowest BCUT2D eigenvalue weighted by molar-refractivity contribution is 0.0745. The van der Waals surface area contributed by atoms with Crippen molar-refractivity contribution in [1.82, 2.24) is 14.9 Å². The zero-order valence-corrected chi connectivity index (χ0v) is 23.5. The molecule has 0 atom stereocenters. The van der Waals surface area contributed by atoms with E-state index in [1.54, 1.807) is 6.07 Å². The van der Waals surface area contributed by atoms with Crippen LogP contribution in [0.2, 0.25) is 5.15 Å². The number of hydrogen-bond acceptors (Lipinski definition) is 5. The smallest absolute Gasteiger partial charge is 0.254 e. The van der Waals surface area contributed by atoms with Crippen LogP contribution >= 0.6 is 23.4 Å². The van der Waals surface area contributed by atoms with Gasteiger partial charge in [0.05, 0.1) is 0 Å². The van der Waals surface area contributed by atoms with Gasteiger partial charge in [-0.25, -0.2) is 9.97 Å². The molecule has 4 aromatic rings. The van der Waals surface area contributed by atoms with E-state index in [9.17, 15) is 4.79 Å². The summed E-state index contributed by atoms with van der Waals surface area (Å²) >= 11 is 7.79. The maximum Gasteiger partial charge on any atom is 0.254 e. The van der Waals surface area contributed by atoms with E-state index in [0.717, 1.165) is 36.3 Å². The molecular weight excluding hydrogens is 512 g/mol. The Balaban J connectivity index is 1.42. The molecule has 1 amide bonds. The van der Waals surface area contributed by atoms with Gasteiger partial charge < -0.3 is 9.80 Å². The van der Waals surface area contributed by atoms with Crippen molar-refractivity contribution in [1.29, 1.82) is 0 Å². The molecule has 0 radical (unpaired) electrons. The molecule has 0 aliphatic rings. The van der Waals surface area contributed by atoms with Crippen LogP contribution in [0.15, 0.2) is 96.2 Å². The topological polar surface area (TPSA) is 49.3 Å². The van der Waals surface area contributed by atoms with Crippen LogP contribution in [0.5, 0.6) is 0 Å². The molecule has 7 heteroatoms. The largest absolute Gasteiger partial charge is 0.360 e.